The van der Waals surface area contributed by atoms with Gasteiger partial charge in [0.15, 0.2) is 5.82 Å². The fourth-order valence-corrected chi connectivity index (χ4v) is 4.05. The van der Waals surface area contributed by atoms with Crippen LogP contribution in [0, 0.1) is 5.92 Å². The third-order valence-electron chi connectivity index (χ3n) is 5.67. The van der Waals surface area contributed by atoms with Crippen molar-refractivity contribution in [2.45, 2.75) is 31.8 Å². The van der Waals surface area contributed by atoms with E-state index in [-0.39, 0.29) is 17.9 Å². The first kappa shape index (κ1) is 19.3. The van der Waals surface area contributed by atoms with E-state index in [1.54, 1.807) is 0 Å². The summed E-state index contributed by atoms with van der Waals surface area (Å²) in [6.45, 7) is 2.30. The maximum atomic E-state index is 11.6. The molecule has 1 unspecified atom stereocenters. The summed E-state index contributed by atoms with van der Waals surface area (Å²) in [7, 11) is 0. The second kappa shape index (κ2) is 8.96. The Labute approximate surface area is 170 Å². The van der Waals surface area contributed by atoms with Crippen LogP contribution >= 0.6 is 0 Å². The molecule has 1 atom stereocenters. The standard InChI is InChI=1S/C22H26N6O/c23-21(29)19-12-14-27(15-13-19)20(18-9-5-2-6-10-18)22-24-25-26-28(22)16-11-17-7-3-1-4-8-17/h1-10,19-20H,11-16H2,(H2,23,29). The average molecular weight is 390 g/mol. The first-order valence-corrected chi connectivity index (χ1v) is 10.1. The lowest BCUT2D eigenvalue weighted by Gasteiger charge is -2.36. The zero-order valence-electron chi connectivity index (χ0n) is 16.4. The van der Waals surface area contributed by atoms with E-state index in [0.29, 0.717) is 6.54 Å². The van der Waals surface area contributed by atoms with E-state index in [2.05, 4.69) is 44.7 Å². The maximum absolute atomic E-state index is 11.6. The van der Waals surface area contributed by atoms with E-state index in [0.717, 1.165) is 43.7 Å². The third-order valence-corrected chi connectivity index (χ3v) is 5.67. The summed E-state index contributed by atoms with van der Waals surface area (Å²) >= 11 is 0. The summed E-state index contributed by atoms with van der Waals surface area (Å²) in [5.74, 6) is 0.593. The maximum Gasteiger partial charge on any atom is 0.220 e. The van der Waals surface area contributed by atoms with Gasteiger partial charge in [-0.2, -0.15) is 0 Å². The number of carbonyl (C=O) groups excluding carboxylic acids is 1. The average Bonchev–Trinajstić information content (AvgIpc) is 3.22. The van der Waals surface area contributed by atoms with Crippen LogP contribution in [0.4, 0.5) is 0 Å². The Balaban J connectivity index is 1.58. The van der Waals surface area contributed by atoms with Crippen LogP contribution in [0.3, 0.4) is 0 Å². The Morgan fingerprint density at radius 2 is 1.69 bits per heavy atom. The van der Waals surface area contributed by atoms with Crippen molar-refractivity contribution in [1.82, 2.24) is 25.1 Å². The summed E-state index contributed by atoms with van der Waals surface area (Å²) in [4.78, 5) is 13.9. The van der Waals surface area contributed by atoms with Gasteiger partial charge in [-0.05, 0) is 53.9 Å². The van der Waals surface area contributed by atoms with Crippen LogP contribution in [0.5, 0.6) is 0 Å². The first-order valence-electron chi connectivity index (χ1n) is 10.1. The molecule has 0 spiro atoms. The number of hydrogen-bond acceptors (Lipinski definition) is 5. The molecule has 150 valence electrons. The van der Waals surface area contributed by atoms with Crippen molar-refractivity contribution in [3.05, 3.63) is 77.6 Å². The van der Waals surface area contributed by atoms with E-state index in [1.807, 2.05) is 41.1 Å². The molecule has 0 saturated carbocycles. The number of piperidine rings is 1. The molecular formula is C22H26N6O. The highest BCUT2D eigenvalue weighted by Crippen LogP contribution is 2.31. The monoisotopic (exact) mass is 390 g/mol. The summed E-state index contributed by atoms with van der Waals surface area (Å²) in [6, 6.07) is 20.6. The number of amides is 1. The van der Waals surface area contributed by atoms with Gasteiger partial charge in [0.05, 0.1) is 6.04 Å². The van der Waals surface area contributed by atoms with E-state index >= 15 is 0 Å². The lowest BCUT2D eigenvalue weighted by molar-refractivity contribution is -0.123. The summed E-state index contributed by atoms with van der Waals surface area (Å²) in [6.07, 6.45) is 2.40. The number of carbonyl (C=O) groups is 1. The number of aryl methyl sites for hydroxylation is 2. The zero-order chi connectivity index (χ0) is 20.1. The van der Waals surface area contributed by atoms with Gasteiger partial charge in [0.2, 0.25) is 5.91 Å². The van der Waals surface area contributed by atoms with E-state index in [4.69, 9.17) is 5.73 Å². The number of hydrogen-bond donors (Lipinski definition) is 1. The van der Waals surface area contributed by atoms with Crippen LogP contribution in [0.2, 0.25) is 0 Å². The molecule has 4 rings (SSSR count). The first-order chi connectivity index (χ1) is 14.2. The molecule has 2 N–H and O–H groups in total. The molecule has 29 heavy (non-hydrogen) atoms. The van der Waals surface area contributed by atoms with Crippen molar-refractivity contribution in [3.63, 3.8) is 0 Å². The Hall–Kier alpha value is -3.06. The number of aromatic nitrogens is 4. The van der Waals surface area contributed by atoms with E-state index in [1.165, 1.54) is 5.56 Å². The van der Waals surface area contributed by atoms with Crippen molar-refractivity contribution in [1.29, 1.82) is 0 Å². The molecule has 1 aromatic heterocycles. The largest absolute Gasteiger partial charge is 0.369 e. The predicted molar refractivity (Wildman–Crippen MR) is 110 cm³/mol. The van der Waals surface area contributed by atoms with E-state index in [9.17, 15) is 4.79 Å². The molecule has 0 aliphatic carbocycles. The predicted octanol–water partition coefficient (Wildman–Crippen LogP) is 2.20. The van der Waals surface area contributed by atoms with Crippen LogP contribution in [-0.4, -0.2) is 44.1 Å². The third kappa shape index (κ3) is 4.51. The lowest BCUT2D eigenvalue weighted by atomic mass is 9.93. The van der Waals surface area contributed by atoms with Crippen LogP contribution in [-0.2, 0) is 17.8 Å². The minimum absolute atomic E-state index is 0.0447. The van der Waals surface area contributed by atoms with Crippen LogP contribution in [0.1, 0.15) is 35.8 Å². The number of benzene rings is 2. The molecule has 1 saturated heterocycles. The Morgan fingerprint density at radius 3 is 2.34 bits per heavy atom. The SMILES string of the molecule is NC(=O)C1CCN(C(c2ccccc2)c2nnnn2CCc2ccccc2)CC1. The highest BCUT2D eigenvalue weighted by atomic mass is 16.1. The Morgan fingerprint density at radius 1 is 1.03 bits per heavy atom. The summed E-state index contributed by atoms with van der Waals surface area (Å²) in [5.41, 5.74) is 7.93. The highest BCUT2D eigenvalue weighted by Gasteiger charge is 2.32. The molecule has 1 aliphatic rings. The van der Waals surface area contributed by atoms with Gasteiger partial charge in [-0.15, -0.1) is 5.10 Å². The molecule has 1 aliphatic heterocycles. The van der Waals surface area contributed by atoms with Gasteiger partial charge in [-0.3, -0.25) is 9.69 Å². The van der Waals surface area contributed by atoms with Gasteiger partial charge in [-0.1, -0.05) is 60.7 Å². The molecular weight excluding hydrogens is 364 g/mol. The number of likely N-dealkylation sites (tertiary alicyclic amines) is 1. The molecule has 7 heteroatoms. The van der Waals surface area contributed by atoms with Crippen LogP contribution < -0.4 is 5.73 Å². The molecule has 0 bridgehead atoms. The van der Waals surface area contributed by atoms with Gasteiger partial charge in [0, 0.05) is 12.5 Å². The molecule has 2 heterocycles. The second-order valence-electron chi connectivity index (χ2n) is 7.52. The molecule has 7 nitrogen and oxygen atoms in total. The molecule has 2 aromatic carbocycles. The topological polar surface area (TPSA) is 89.9 Å². The fraction of sp³-hybridized carbons (Fsp3) is 0.364. The minimum Gasteiger partial charge on any atom is -0.369 e. The van der Waals surface area contributed by atoms with Gasteiger partial charge in [-0.25, -0.2) is 4.68 Å². The van der Waals surface area contributed by atoms with Gasteiger partial charge in [0.1, 0.15) is 0 Å². The lowest BCUT2D eigenvalue weighted by Crippen LogP contribution is -2.41. The van der Waals surface area contributed by atoms with Crippen LogP contribution in [0.25, 0.3) is 0 Å². The number of nitrogens with zero attached hydrogens (tertiary/aromatic N) is 5. The molecule has 1 fully saturated rings. The van der Waals surface area contributed by atoms with Crippen molar-refractivity contribution in [2.75, 3.05) is 13.1 Å². The summed E-state index contributed by atoms with van der Waals surface area (Å²) < 4.78 is 1.91. The number of primary amides is 1. The Bertz CT molecular complexity index is 919. The van der Waals surface area contributed by atoms with E-state index < -0.39 is 0 Å². The minimum atomic E-state index is -0.200. The van der Waals surface area contributed by atoms with Crippen LogP contribution in [0.15, 0.2) is 60.7 Å². The zero-order valence-corrected chi connectivity index (χ0v) is 16.4. The number of tetrazole rings is 1. The van der Waals surface area contributed by atoms with Gasteiger partial charge >= 0.3 is 0 Å². The number of rotatable bonds is 7. The fourth-order valence-electron chi connectivity index (χ4n) is 4.05. The normalized spacial score (nSPS) is 16.6. The summed E-state index contributed by atoms with van der Waals surface area (Å²) in [5, 5.41) is 12.7. The number of nitrogens with two attached hydrogens (primary N) is 1. The second-order valence-corrected chi connectivity index (χ2v) is 7.52. The molecule has 0 radical (unpaired) electrons. The quantitative estimate of drug-likeness (QED) is 0.668. The van der Waals surface area contributed by atoms with Crippen molar-refractivity contribution in [2.24, 2.45) is 11.7 Å². The smallest absolute Gasteiger partial charge is 0.220 e. The van der Waals surface area contributed by atoms with Crippen molar-refractivity contribution < 1.29 is 4.79 Å². The van der Waals surface area contributed by atoms with Gasteiger partial charge in [0.25, 0.3) is 0 Å². The highest BCUT2D eigenvalue weighted by molar-refractivity contribution is 5.76. The molecule has 3 aromatic rings. The molecule has 1 amide bonds. The van der Waals surface area contributed by atoms with Crippen molar-refractivity contribution in [3.8, 4) is 0 Å². The Kier molecular flexibility index (Phi) is 5.95. The van der Waals surface area contributed by atoms with Gasteiger partial charge < -0.3 is 5.73 Å². The van der Waals surface area contributed by atoms with Crippen molar-refractivity contribution >= 4 is 5.91 Å².